The number of hydrogen-bond acceptors (Lipinski definition) is 5. The quantitative estimate of drug-likeness (QED) is 0.181. The average molecular weight is 433 g/mol. The van der Waals surface area contributed by atoms with Gasteiger partial charge in [-0.2, -0.15) is 5.10 Å². The highest BCUT2D eigenvalue weighted by molar-refractivity contribution is 7.99. The van der Waals surface area contributed by atoms with E-state index in [0.717, 1.165) is 16.2 Å². The summed E-state index contributed by atoms with van der Waals surface area (Å²) in [5.41, 5.74) is 6.21. The molecule has 0 unspecified atom stereocenters. The Hall–Kier alpha value is -3.78. The van der Waals surface area contributed by atoms with Crippen molar-refractivity contribution in [2.75, 3.05) is 5.75 Å². The van der Waals surface area contributed by atoms with E-state index in [4.69, 9.17) is 0 Å². The maximum absolute atomic E-state index is 12.2. The first-order valence-corrected chi connectivity index (χ1v) is 10.6. The van der Waals surface area contributed by atoms with Crippen LogP contribution in [0.1, 0.15) is 11.1 Å². The Labute approximate surface area is 183 Å². The highest BCUT2D eigenvalue weighted by atomic mass is 32.2. The molecule has 0 fully saturated rings. The van der Waals surface area contributed by atoms with Gasteiger partial charge in [-0.05, 0) is 41.1 Å². The minimum atomic E-state index is -0.459. The molecule has 0 aliphatic heterocycles. The number of para-hydroxylation sites is 2. The highest BCUT2D eigenvalue weighted by Crippen LogP contribution is 2.21. The number of imidazole rings is 1. The largest absolute Gasteiger partial charge is 0.870 e. The number of aromatic hydroxyl groups is 1. The molecule has 8 heteroatoms. The van der Waals surface area contributed by atoms with Crippen LogP contribution in [0.4, 0.5) is 0 Å². The van der Waals surface area contributed by atoms with Crippen molar-refractivity contribution >= 4 is 34.9 Å². The van der Waals surface area contributed by atoms with Gasteiger partial charge in [0.15, 0.2) is 11.0 Å². The lowest BCUT2D eigenvalue weighted by Gasteiger charge is -2.07. The minimum Gasteiger partial charge on any atom is -0.870 e. The standard InChI is InChI=1S/C23H20N4O3S/c28-20-11-10-17(12-21(20)29)13-24-26-22(30)15-31-23-25-18-8-4-5-9-19(18)27(23)14-16-6-2-1-3-7-16/h1-13H,14-15H2,(H3,24,26,28,29,30). The van der Waals surface area contributed by atoms with Crippen LogP contribution in [0.25, 0.3) is 11.0 Å². The summed E-state index contributed by atoms with van der Waals surface area (Å²) < 4.78 is 2.15. The molecule has 4 aromatic rings. The van der Waals surface area contributed by atoms with Crippen molar-refractivity contribution in [3.05, 3.63) is 83.9 Å². The second kappa shape index (κ2) is 9.36. The van der Waals surface area contributed by atoms with Gasteiger partial charge in [-0.25, -0.2) is 15.0 Å². The number of thioether (sulfide) groups is 1. The second-order valence-corrected chi connectivity index (χ2v) is 7.79. The molecule has 0 saturated carbocycles. The number of phenolic OH excluding ortho intramolecular Hbond substituents is 1. The number of aromatic amines is 1. The second-order valence-electron chi connectivity index (χ2n) is 6.83. The van der Waals surface area contributed by atoms with Crippen molar-refractivity contribution in [1.29, 1.82) is 0 Å². The van der Waals surface area contributed by atoms with Gasteiger partial charge in [-0.1, -0.05) is 60.3 Å². The first kappa shape index (κ1) is 20.5. The summed E-state index contributed by atoms with van der Waals surface area (Å²) in [5.74, 6) is -0.910. The van der Waals surface area contributed by atoms with Crippen LogP contribution in [-0.4, -0.2) is 28.0 Å². The normalized spacial score (nSPS) is 11.2. The van der Waals surface area contributed by atoms with Gasteiger partial charge in [0.1, 0.15) is 12.3 Å². The van der Waals surface area contributed by atoms with Crippen molar-refractivity contribution < 1.29 is 19.6 Å². The van der Waals surface area contributed by atoms with Crippen LogP contribution in [-0.2, 0) is 11.3 Å². The van der Waals surface area contributed by atoms with Gasteiger partial charge in [-0.3, -0.25) is 4.79 Å². The summed E-state index contributed by atoms with van der Waals surface area (Å²) in [6.07, 6.45) is 1.38. The van der Waals surface area contributed by atoms with Crippen LogP contribution in [0.3, 0.4) is 0 Å². The number of hydrazone groups is 1. The van der Waals surface area contributed by atoms with Crippen molar-refractivity contribution in [2.24, 2.45) is 5.10 Å². The van der Waals surface area contributed by atoms with Gasteiger partial charge in [0.2, 0.25) is 0 Å². The summed E-state index contributed by atoms with van der Waals surface area (Å²) >= 11 is 1.39. The number of hydrogen-bond donors (Lipinski definition) is 3. The number of H-pyrrole nitrogens is 1. The molecule has 1 amide bonds. The molecule has 0 atom stereocenters. The van der Waals surface area contributed by atoms with Gasteiger partial charge in [-0.15, -0.1) is 0 Å². The van der Waals surface area contributed by atoms with Crippen LogP contribution in [0.2, 0.25) is 0 Å². The number of carbonyl (C=O) groups is 1. The molecule has 0 aliphatic rings. The third-order valence-corrected chi connectivity index (χ3v) is 5.59. The zero-order valence-corrected chi connectivity index (χ0v) is 17.3. The SMILES string of the molecule is O=C(CSc1[nH]c2ccccc2[n+]1Cc1ccccc1)N/N=C/c1ccc([O-])c(O)c1. The molecule has 156 valence electrons. The minimum absolute atomic E-state index is 0.170. The summed E-state index contributed by atoms with van der Waals surface area (Å²) in [4.78, 5) is 15.6. The van der Waals surface area contributed by atoms with Crippen molar-refractivity contribution in [1.82, 2.24) is 10.4 Å². The zero-order chi connectivity index (χ0) is 21.6. The summed E-state index contributed by atoms with van der Waals surface area (Å²) in [6, 6.07) is 22.2. The average Bonchev–Trinajstić information content (AvgIpc) is 3.13. The molecule has 0 aliphatic carbocycles. The van der Waals surface area contributed by atoms with E-state index >= 15 is 0 Å². The van der Waals surface area contributed by atoms with Gasteiger partial charge in [0.25, 0.3) is 5.91 Å². The Morgan fingerprint density at radius 3 is 2.71 bits per heavy atom. The van der Waals surface area contributed by atoms with Gasteiger partial charge < -0.3 is 10.2 Å². The number of fused-ring (bicyclic) bond motifs is 1. The Kier molecular flexibility index (Phi) is 6.18. The fourth-order valence-corrected chi connectivity index (χ4v) is 3.94. The van der Waals surface area contributed by atoms with Crippen LogP contribution < -0.4 is 15.1 Å². The Bertz CT molecular complexity index is 1240. The van der Waals surface area contributed by atoms with E-state index in [1.165, 1.54) is 41.7 Å². The van der Waals surface area contributed by atoms with E-state index < -0.39 is 5.75 Å². The van der Waals surface area contributed by atoms with E-state index in [1.807, 2.05) is 42.5 Å². The fourth-order valence-electron chi connectivity index (χ4n) is 3.10. The van der Waals surface area contributed by atoms with Gasteiger partial charge in [0.05, 0.1) is 12.0 Å². The Morgan fingerprint density at radius 2 is 1.90 bits per heavy atom. The third-order valence-electron chi connectivity index (χ3n) is 4.59. The summed E-state index contributed by atoms with van der Waals surface area (Å²) in [5, 5.41) is 25.4. The monoisotopic (exact) mass is 432 g/mol. The number of aromatic nitrogens is 2. The zero-order valence-electron chi connectivity index (χ0n) is 16.5. The predicted molar refractivity (Wildman–Crippen MR) is 118 cm³/mol. The maximum atomic E-state index is 12.2. The molecule has 0 bridgehead atoms. The van der Waals surface area contributed by atoms with Crippen LogP contribution >= 0.6 is 11.8 Å². The molecule has 3 aromatic carbocycles. The van der Waals surface area contributed by atoms with E-state index in [0.29, 0.717) is 12.1 Å². The molecular weight excluding hydrogens is 412 g/mol. The topological polar surface area (TPSA) is 104 Å². The van der Waals surface area contributed by atoms with E-state index in [9.17, 15) is 15.0 Å². The third kappa shape index (κ3) is 5.04. The highest BCUT2D eigenvalue weighted by Gasteiger charge is 2.20. The maximum Gasteiger partial charge on any atom is 0.317 e. The summed E-state index contributed by atoms with van der Waals surface area (Å²) in [6.45, 7) is 0.687. The van der Waals surface area contributed by atoms with Crippen LogP contribution in [0.5, 0.6) is 11.5 Å². The number of carbonyl (C=O) groups excluding carboxylic acids is 1. The molecule has 1 aromatic heterocycles. The molecular formula is C23H20N4O3S. The van der Waals surface area contributed by atoms with E-state index in [1.54, 1.807) is 0 Å². The number of nitrogens with one attached hydrogen (secondary N) is 2. The predicted octanol–water partition coefficient (Wildman–Crippen LogP) is 2.53. The molecule has 0 spiro atoms. The molecule has 0 radical (unpaired) electrons. The van der Waals surface area contributed by atoms with E-state index in [-0.39, 0.29) is 17.4 Å². The fraction of sp³-hybridized carbons (Fsp3) is 0.0870. The molecule has 1 heterocycles. The molecule has 4 rings (SSSR count). The number of rotatable bonds is 7. The summed E-state index contributed by atoms with van der Waals surface area (Å²) in [7, 11) is 0. The molecule has 31 heavy (non-hydrogen) atoms. The lowest BCUT2D eigenvalue weighted by molar-refractivity contribution is -0.700. The van der Waals surface area contributed by atoms with Crippen molar-refractivity contribution in [3.8, 4) is 11.5 Å². The van der Waals surface area contributed by atoms with Crippen LogP contribution in [0.15, 0.2) is 83.1 Å². The lowest BCUT2D eigenvalue weighted by Crippen LogP contribution is -2.36. The number of phenols is 1. The van der Waals surface area contributed by atoms with Crippen molar-refractivity contribution in [2.45, 2.75) is 11.7 Å². The molecule has 7 nitrogen and oxygen atoms in total. The number of benzene rings is 3. The first-order chi connectivity index (χ1) is 15.1. The van der Waals surface area contributed by atoms with Gasteiger partial charge in [0, 0.05) is 0 Å². The first-order valence-electron chi connectivity index (χ1n) is 9.59. The number of amides is 1. The molecule has 3 N–H and O–H groups in total. The van der Waals surface area contributed by atoms with Crippen molar-refractivity contribution in [3.63, 3.8) is 0 Å². The van der Waals surface area contributed by atoms with E-state index in [2.05, 4.69) is 32.2 Å². The molecule has 0 saturated heterocycles. The van der Waals surface area contributed by atoms with Crippen LogP contribution in [0, 0.1) is 0 Å². The number of nitrogens with zero attached hydrogens (tertiary/aromatic N) is 2. The Morgan fingerprint density at radius 1 is 1.13 bits per heavy atom. The van der Waals surface area contributed by atoms with Gasteiger partial charge >= 0.3 is 5.16 Å². The lowest BCUT2D eigenvalue weighted by atomic mass is 10.2. The smallest absolute Gasteiger partial charge is 0.317 e. The Balaban J connectivity index is 1.43.